The molecular formula is C25H20ClP. The minimum atomic E-state index is -1.70. The number of benzene rings is 4. The lowest BCUT2D eigenvalue weighted by atomic mass is 10.1. The molecule has 0 saturated carbocycles. The summed E-state index contributed by atoms with van der Waals surface area (Å²) in [5.41, 5.74) is 4.24. The van der Waals surface area contributed by atoms with E-state index in [-0.39, 0.29) is 12.4 Å². The van der Waals surface area contributed by atoms with E-state index in [1.807, 2.05) is 0 Å². The summed E-state index contributed by atoms with van der Waals surface area (Å²) in [6.07, 6.45) is 1.08. The highest BCUT2D eigenvalue weighted by Gasteiger charge is 2.52. The van der Waals surface area contributed by atoms with Crippen LogP contribution in [0, 0.1) is 0 Å². The number of hydrogen-bond acceptors (Lipinski definition) is 0. The van der Waals surface area contributed by atoms with Crippen LogP contribution in [0.4, 0.5) is 0 Å². The third-order valence-corrected chi connectivity index (χ3v) is 9.82. The summed E-state index contributed by atoms with van der Waals surface area (Å²) in [6.45, 7) is 0. The molecule has 0 aromatic heterocycles. The van der Waals surface area contributed by atoms with Gasteiger partial charge in [-0.25, -0.2) is 0 Å². The molecule has 0 N–H and O–H groups in total. The van der Waals surface area contributed by atoms with Crippen LogP contribution in [0.2, 0.25) is 0 Å². The standard InChI is InChI=1S/C25H20P.ClH/c1-3-11-20(12-4-1)19-26(21-13-5-2-6-14-21)24-17-9-7-15-22(24)23-16-8-10-18-25(23)26;/h1-18H,19H2;1H/q+1;/p-1. The first-order chi connectivity index (χ1) is 12.9. The van der Waals surface area contributed by atoms with Crippen molar-refractivity contribution in [2.45, 2.75) is 6.16 Å². The van der Waals surface area contributed by atoms with Gasteiger partial charge in [0.25, 0.3) is 0 Å². The number of hydrogen-bond donors (Lipinski definition) is 0. The predicted molar refractivity (Wildman–Crippen MR) is 114 cm³/mol. The molecule has 0 bridgehead atoms. The smallest absolute Gasteiger partial charge is 0.117 e. The molecule has 0 amide bonds. The van der Waals surface area contributed by atoms with E-state index in [1.165, 1.54) is 32.6 Å². The Bertz CT molecular complexity index is 1010. The Kier molecular flexibility index (Phi) is 4.87. The van der Waals surface area contributed by atoms with E-state index in [9.17, 15) is 0 Å². The molecule has 0 radical (unpaired) electrons. The molecular weight excluding hydrogens is 367 g/mol. The van der Waals surface area contributed by atoms with Gasteiger partial charge in [0.1, 0.15) is 23.2 Å². The Hall–Kier alpha value is -2.40. The lowest BCUT2D eigenvalue weighted by molar-refractivity contribution is -0.00000494. The van der Waals surface area contributed by atoms with E-state index in [0.717, 1.165) is 6.16 Å². The zero-order valence-electron chi connectivity index (χ0n) is 14.9. The molecule has 1 heterocycles. The van der Waals surface area contributed by atoms with Gasteiger partial charge in [-0.3, -0.25) is 0 Å². The molecule has 0 saturated heterocycles. The highest BCUT2D eigenvalue weighted by atomic mass is 35.5. The van der Waals surface area contributed by atoms with Crippen molar-refractivity contribution in [2.75, 3.05) is 0 Å². The molecule has 0 aliphatic carbocycles. The van der Waals surface area contributed by atoms with Gasteiger partial charge in [0.15, 0.2) is 0 Å². The van der Waals surface area contributed by atoms with Crippen LogP contribution in [0.15, 0.2) is 109 Å². The summed E-state index contributed by atoms with van der Waals surface area (Å²) >= 11 is 0. The van der Waals surface area contributed by atoms with Crippen LogP contribution in [0.25, 0.3) is 11.1 Å². The monoisotopic (exact) mass is 386 g/mol. The van der Waals surface area contributed by atoms with E-state index < -0.39 is 7.26 Å². The van der Waals surface area contributed by atoms with E-state index in [4.69, 9.17) is 0 Å². The van der Waals surface area contributed by atoms with Crippen LogP contribution >= 0.6 is 7.26 Å². The lowest BCUT2D eigenvalue weighted by Gasteiger charge is -2.24. The van der Waals surface area contributed by atoms with Crippen LogP contribution in [0.1, 0.15) is 5.56 Å². The van der Waals surface area contributed by atoms with Crippen molar-refractivity contribution in [3.63, 3.8) is 0 Å². The minimum absolute atomic E-state index is 0. The molecule has 1 aliphatic heterocycles. The molecule has 0 fully saturated rings. The zero-order chi connectivity index (χ0) is 17.4. The van der Waals surface area contributed by atoms with Gasteiger partial charge in [-0.1, -0.05) is 84.9 Å². The van der Waals surface area contributed by atoms with Gasteiger partial charge < -0.3 is 12.4 Å². The minimum Gasteiger partial charge on any atom is -1.00 e. The normalized spacial score (nSPS) is 13.3. The van der Waals surface area contributed by atoms with Gasteiger partial charge in [0.2, 0.25) is 0 Å². The molecule has 5 rings (SSSR count). The first kappa shape index (κ1) is 18.0. The second-order valence-corrected chi connectivity index (χ2v) is 10.2. The summed E-state index contributed by atoms with van der Waals surface area (Å²) in [5.74, 6) is 0. The number of halogens is 1. The molecule has 2 heteroatoms. The number of fused-ring (bicyclic) bond motifs is 3. The van der Waals surface area contributed by atoms with Gasteiger partial charge in [-0.2, -0.15) is 0 Å². The van der Waals surface area contributed by atoms with Crippen LogP contribution in [-0.4, -0.2) is 0 Å². The Balaban J connectivity index is 0.00000180. The lowest BCUT2D eigenvalue weighted by Crippen LogP contribution is -3.00. The number of rotatable bonds is 3. The Labute approximate surface area is 167 Å². The van der Waals surface area contributed by atoms with E-state index in [1.54, 1.807) is 0 Å². The maximum absolute atomic E-state index is 2.36. The van der Waals surface area contributed by atoms with Gasteiger partial charge in [-0.15, -0.1) is 0 Å². The molecule has 0 unspecified atom stereocenters. The average Bonchev–Trinajstić information content (AvgIpc) is 3.01. The summed E-state index contributed by atoms with van der Waals surface area (Å²) in [4.78, 5) is 0. The second-order valence-electron chi connectivity index (χ2n) is 6.82. The Morgan fingerprint density at radius 1 is 0.481 bits per heavy atom. The van der Waals surface area contributed by atoms with E-state index >= 15 is 0 Å². The van der Waals surface area contributed by atoms with Crippen LogP contribution in [0.5, 0.6) is 0 Å². The first-order valence-corrected chi connectivity index (χ1v) is 11.0. The third-order valence-electron chi connectivity index (χ3n) is 5.38. The van der Waals surface area contributed by atoms with Crippen LogP contribution < -0.4 is 28.3 Å². The van der Waals surface area contributed by atoms with Gasteiger partial charge in [0.05, 0.1) is 6.16 Å². The molecule has 0 spiro atoms. The summed E-state index contributed by atoms with van der Waals surface area (Å²) in [5, 5.41) is 4.52. The van der Waals surface area contributed by atoms with Gasteiger partial charge in [-0.05, 0) is 29.8 Å². The van der Waals surface area contributed by atoms with Crippen molar-refractivity contribution < 1.29 is 12.4 Å². The molecule has 1 aliphatic rings. The maximum Gasteiger partial charge on any atom is 0.117 e. The largest absolute Gasteiger partial charge is 1.00 e. The van der Waals surface area contributed by atoms with Gasteiger partial charge >= 0.3 is 0 Å². The van der Waals surface area contributed by atoms with E-state index in [2.05, 4.69) is 109 Å². The first-order valence-electron chi connectivity index (χ1n) is 9.07. The molecule has 132 valence electrons. The van der Waals surface area contributed by atoms with Crippen molar-refractivity contribution in [1.82, 2.24) is 0 Å². The Morgan fingerprint density at radius 3 is 1.48 bits per heavy atom. The van der Waals surface area contributed by atoms with Crippen molar-refractivity contribution in [2.24, 2.45) is 0 Å². The fourth-order valence-electron chi connectivity index (χ4n) is 4.28. The highest BCUT2D eigenvalue weighted by Crippen LogP contribution is 2.64. The van der Waals surface area contributed by atoms with Crippen molar-refractivity contribution in [3.05, 3.63) is 115 Å². The topological polar surface area (TPSA) is 0 Å². The quantitative estimate of drug-likeness (QED) is 0.473. The van der Waals surface area contributed by atoms with Gasteiger partial charge in [0, 0.05) is 11.1 Å². The van der Waals surface area contributed by atoms with Crippen molar-refractivity contribution >= 4 is 23.2 Å². The fraction of sp³-hybridized carbons (Fsp3) is 0.0400. The highest BCUT2D eigenvalue weighted by molar-refractivity contribution is 7.96. The third kappa shape index (κ3) is 2.81. The SMILES string of the molecule is [Cl-].c1ccc(C[P+]2(c3ccccc3)c3ccccc3-c3ccccc32)cc1. The van der Waals surface area contributed by atoms with Crippen molar-refractivity contribution in [1.29, 1.82) is 0 Å². The summed E-state index contributed by atoms with van der Waals surface area (Å²) in [6, 6.07) is 40.2. The summed E-state index contributed by atoms with van der Waals surface area (Å²) < 4.78 is 0. The van der Waals surface area contributed by atoms with E-state index in [0.29, 0.717) is 0 Å². The molecule has 0 nitrogen and oxygen atoms in total. The Morgan fingerprint density at radius 2 is 0.926 bits per heavy atom. The molecule has 27 heavy (non-hydrogen) atoms. The zero-order valence-corrected chi connectivity index (χ0v) is 16.6. The van der Waals surface area contributed by atoms with Crippen LogP contribution in [-0.2, 0) is 6.16 Å². The average molecular weight is 387 g/mol. The predicted octanol–water partition coefficient (Wildman–Crippen LogP) is 2.17. The summed E-state index contributed by atoms with van der Waals surface area (Å²) in [7, 11) is -1.70. The fourth-order valence-corrected chi connectivity index (χ4v) is 8.95. The van der Waals surface area contributed by atoms with Crippen LogP contribution in [0.3, 0.4) is 0 Å². The second kappa shape index (κ2) is 7.31. The maximum atomic E-state index is 2.36. The molecule has 4 aromatic carbocycles. The molecule has 4 aromatic rings. The molecule has 0 atom stereocenters. The van der Waals surface area contributed by atoms with Crippen molar-refractivity contribution in [3.8, 4) is 11.1 Å².